The van der Waals surface area contributed by atoms with Crippen LogP contribution in [0.4, 0.5) is 4.39 Å². The Bertz CT molecular complexity index is 537. The summed E-state index contributed by atoms with van der Waals surface area (Å²) in [6.07, 6.45) is 3.21. The molecule has 0 bridgehead atoms. The van der Waals surface area contributed by atoms with Gasteiger partial charge in [0.15, 0.2) is 0 Å². The average Bonchev–Trinajstić information content (AvgIpc) is 2.47. The lowest BCUT2D eigenvalue weighted by molar-refractivity contribution is 0.507. The molecule has 0 aliphatic carbocycles. The third-order valence-corrected chi connectivity index (χ3v) is 3.56. The molecule has 0 amide bonds. The van der Waals surface area contributed by atoms with Gasteiger partial charge in [-0.3, -0.25) is 4.98 Å². The van der Waals surface area contributed by atoms with Gasteiger partial charge in [-0.05, 0) is 49.6 Å². The second-order valence-electron chi connectivity index (χ2n) is 4.99. The van der Waals surface area contributed by atoms with Gasteiger partial charge in [0.25, 0.3) is 0 Å². The van der Waals surface area contributed by atoms with Crippen molar-refractivity contribution in [1.82, 2.24) is 10.3 Å². The van der Waals surface area contributed by atoms with E-state index in [1.54, 1.807) is 6.07 Å². The minimum Gasteiger partial charge on any atom is -0.308 e. The Labute approximate surface area is 120 Å². The number of benzene rings is 1. The lowest BCUT2D eigenvalue weighted by Gasteiger charge is -2.16. The van der Waals surface area contributed by atoms with Crippen LogP contribution >= 0.6 is 0 Å². The van der Waals surface area contributed by atoms with Crippen LogP contribution in [0.2, 0.25) is 0 Å². The van der Waals surface area contributed by atoms with Gasteiger partial charge in [-0.2, -0.15) is 0 Å². The molecule has 1 aromatic heterocycles. The van der Waals surface area contributed by atoms with E-state index in [1.807, 2.05) is 0 Å². The van der Waals surface area contributed by atoms with E-state index in [0.29, 0.717) is 0 Å². The Morgan fingerprint density at radius 2 is 2.00 bits per heavy atom. The van der Waals surface area contributed by atoms with Gasteiger partial charge in [-0.25, -0.2) is 4.39 Å². The topological polar surface area (TPSA) is 24.9 Å². The van der Waals surface area contributed by atoms with Crippen molar-refractivity contribution in [3.05, 3.63) is 65.2 Å². The minimum absolute atomic E-state index is 0.180. The fraction of sp³-hybridized carbons (Fsp3) is 0.353. The van der Waals surface area contributed by atoms with Gasteiger partial charge in [0.2, 0.25) is 0 Å². The largest absolute Gasteiger partial charge is 0.308 e. The van der Waals surface area contributed by atoms with Gasteiger partial charge in [-0.15, -0.1) is 0 Å². The van der Waals surface area contributed by atoms with E-state index < -0.39 is 0 Å². The molecule has 0 fully saturated rings. The molecule has 0 radical (unpaired) electrons. The standard InChI is InChI=1S/C17H21FN2/c1-3-16(17-9-8-15(18)12-20-17)19-11-10-14-7-5-4-6-13(14)2/h4-9,12,16,19H,3,10-11H2,1-2H3. The van der Waals surface area contributed by atoms with Crippen molar-refractivity contribution in [3.8, 4) is 0 Å². The predicted octanol–water partition coefficient (Wildman–Crippen LogP) is 3.81. The smallest absolute Gasteiger partial charge is 0.141 e. The first-order valence-corrected chi connectivity index (χ1v) is 7.10. The highest BCUT2D eigenvalue weighted by atomic mass is 19.1. The van der Waals surface area contributed by atoms with E-state index >= 15 is 0 Å². The fourth-order valence-corrected chi connectivity index (χ4v) is 2.32. The van der Waals surface area contributed by atoms with Crippen LogP contribution < -0.4 is 5.32 Å². The second-order valence-corrected chi connectivity index (χ2v) is 4.99. The molecule has 3 heteroatoms. The molecule has 2 rings (SSSR count). The molecule has 2 aromatic rings. The maximum absolute atomic E-state index is 12.9. The highest BCUT2D eigenvalue weighted by Gasteiger charge is 2.10. The van der Waals surface area contributed by atoms with Crippen molar-refractivity contribution < 1.29 is 4.39 Å². The van der Waals surface area contributed by atoms with Crippen LogP contribution in [0.3, 0.4) is 0 Å². The molecule has 20 heavy (non-hydrogen) atoms. The minimum atomic E-state index is -0.288. The molecular formula is C17H21FN2. The Hall–Kier alpha value is -1.74. The van der Waals surface area contributed by atoms with E-state index in [4.69, 9.17) is 0 Å². The van der Waals surface area contributed by atoms with E-state index in [1.165, 1.54) is 23.4 Å². The fourth-order valence-electron chi connectivity index (χ4n) is 2.32. The molecule has 0 spiro atoms. The number of rotatable bonds is 6. The molecule has 2 nitrogen and oxygen atoms in total. The number of aromatic nitrogens is 1. The van der Waals surface area contributed by atoms with Crippen LogP contribution in [0.5, 0.6) is 0 Å². The zero-order valence-electron chi connectivity index (χ0n) is 12.1. The van der Waals surface area contributed by atoms with Crippen molar-refractivity contribution in [2.45, 2.75) is 32.7 Å². The van der Waals surface area contributed by atoms with Crippen molar-refractivity contribution in [3.63, 3.8) is 0 Å². The summed E-state index contributed by atoms with van der Waals surface area (Å²) in [4.78, 5) is 4.16. The molecule has 0 saturated heterocycles. The van der Waals surface area contributed by atoms with Crippen molar-refractivity contribution in [1.29, 1.82) is 0 Å². The third kappa shape index (κ3) is 3.87. The first kappa shape index (κ1) is 14.7. The average molecular weight is 272 g/mol. The Kier molecular flexibility index (Phi) is 5.24. The van der Waals surface area contributed by atoms with Crippen LogP contribution in [-0.2, 0) is 6.42 Å². The van der Waals surface area contributed by atoms with Crippen LogP contribution in [0.1, 0.15) is 36.2 Å². The number of halogens is 1. The van der Waals surface area contributed by atoms with E-state index in [0.717, 1.165) is 25.1 Å². The van der Waals surface area contributed by atoms with Gasteiger partial charge in [0, 0.05) is 6.04 Å². The molecule has 1 aromatic carbocycles. The van der Waals surface area contributed by atoms with Crippen LogP contribution in [0, 0.1) is 12.7 Å². The summed E-state index contributed by atoms with van der Waals surface area (Å²) in [7, 11) is 0. The Morgan fingerprint density at radius 1 is 1.20 bits per heavy atom. The number of hydrogen-bond donors (Lipinski definition) is 1. The summed E-state index contributed by atoms with van der Waals surface area (Å²) in [5.41, 5.74) is 3.59. The molecule has 0 aliphatic rings. The molecule has 0 saturated carbocycles. The maximum Gasteiger partial charge on any atom is 0.141 e. The number of nitrogens with one attached hydrogen (secondary N) is 1. The number of aryl methyl sites for hydroxylation is 1. The predicted molar refractivity (Wildman–Crippen MR) is 80.1 cm³/mol. The molecule has 1 heterocycles. The van der Waals surface area contributed by atoms with Gasteiger partial charge >= 0.3 is 0 Å². The summed E-state index contributed by atoms with van der Waals surface area (Å²) in [6, 6.07) is 11.8. The normalized spacial score (nSPS) is 12.3. The van der Waals surface area contributed by atoms with E-state index in [9.17, 15) is 4.39 Å². The Morgan fingerprint density at radius 3 is 2.65 bits per heavy atom. The zero-order chi connectivity index (χ0) is 14.4. The SMILES string of the molecule is CCC(NCCc1ccccc1C)c1ccc(F)cn1. The molecular weight excluding hydrogens is 251 g/mol. The van der Waals surface area contributed by atoms with Crippen molar-refractivity contribution in [2.24, 2.45) is 0 Å². The van der Waals surface area contributed by atoms with Gasteiger partial charge < -0.3 is 5.32 Å². The number of pyridine rings is 1. The lowest BCUT2D eigenvalue weighted by Crippen LogP contribution is -2.24. The number of hydrogen-bond acceptors (Lipinski definition) is 2. The molecule has 0 aliphatic heterocycles. The summed E-state index contributed by atoms with van der Waals surface area (Å²) < 4.78 is 12.9. The van der Waals surface area contributed by atoms with Crippen molar-refractivity contribution >= 4 is 0 Å². The first-order valence-electron chi connectivity index (χ1n) is 7.10. The summed E-state index contributed by atoms with van der Waals surface area (Å²) in [6.45, 7) is 5.13. The molecule has 1 N–H and O–H groups in total. The van der Waals surface area contributed by atoms with Gasteiger partial charge in [0.05, 0.1) is 11.9 Å². The van der Waals surface area contributed by atoms with Crippen molar-refractivity contribution in [2.75, 3.05) is 6.54 Å². The molecule has 106 valence electrons. The van der Waals surface area contributed by atoms with E-state index in [-0.39, 0.29) is 11.9 Å². The molecule has 1 atom stereocenters. The highest BCUT2D eigenvalue weighted by molar-refractivity contribution is 5.25. The van der Waals surface area contributed by atoms with Gasteiger partial charge in [-0.1, -0.05) is 31.2 Å². The van der Waals surface area contributed by atoms with Gasteiger partial charge in [0.1, 0.15) is 5.82 Å². The van der Waals surface area contributed by atoms with Crippen LogP contribution in [-0.4, -0.2) is 11.5 Å². The monoisotopic (exact) mass is 272 g/mol. The number of nitrogens with zero attached hydrogens (tertiary/aromatic N) is 1. The third-order valence-electron chi connectivity index (χ3n) is 3.56. The van der Waals surface area contributed by atoms with Crippen LogP contribution in [0.15, 0.2) is 42.6 Å². The second kappa shape index (κ2) is 7.15. The zero-order valence-corrected chi connectivity index (χ0v) is 12.1. The summed E-state index contributed by atoms with van der Waals surface area (Å²) in [5, 5.41) is 3.50. The summed E-state index contributed by atoms with van der Waals surface area (Å²) >= 11 is 0. The Balaban J connectivity index is 1.91. The summed E-state index contributed by atoms with van der Waals surface area (Å²) in [5.74, 6) is -0.288. The molecule has 1 unspecified atom stereocenters. The quantitative estimate of drug-likeness (QED) is 0.865. The first-order chi connectivity index (χ1) is 9.70. The highest BCUT2D eigenvalue weighted by Crippen LogP contribution is 2.14. The van der Waals surface area contributed by atoms with Crippen LogP contribution in [0.25, 0.3) is 0 Å². The lowest BCUT2D eigenvalue weighted by atomic mass is 10.1. The maximum atomic E-state index is 12.9. The van der Waals surface area contributed by atoms with E-state index in [2.05, 4.69) is 48.4 Å².